The van der Waals surface area contributed by atoms with Crippen molar-refractivity contribution in [2.45, 2.75) is 19.8 Å². The first-order valence-electron chi connectivity index (χ1n) is 7.38. The van der Waals surface area contributed by atoms with Crippen LogP contribution in [0.1, 0.15) is 16.8 Å². The van der Waals surface area contributed by atoms with Gasteiger partial charge in [-0.25, -0.2) is 4.98 Å². The summed E-state index contributed by atoms with van der Waals surface area (Å²) >= 11 is 1.72. The van der Waals surface area contributed by atoms with E-state index in [1.165, 1.54) is 4.88 Å². The largest absolute Gasteiger partial charge is 0.497 e. The molecule has 3 N–H and O–H groups in total. The Labute approximate surface area is 140 Å². The van der Waals surface area contributed by atoms with Crippen molar-refractivity contribution in [2.75, 3.05) is 26.1 Å². The number of aromatic nitrogens is 1. The molecule has 0 spiro atoms. The highest BCUT2D eigenvalue weighted by atomic mass is 32.1. The fraction of sp³-hybridized carbons (Fsp3) is 0.375. The molecule has 2 aromatic rings. The van der Waals surface area contributed by atoms with E-state index in [0.717, 1.165) is 29.3 Å². The number of aryl methyl sites for hydroxylation is 1. The number of hydrogen-bond donors (Lipinski definition) is 2. The fourth-order valence-corrected chi connectivity index (χ4v) is 2.84. The number of thiazole rings is 1. The first kappa shape index (κ1) is 17.1. The second-order valence-corrected chi connectivity index (χ2v) is 5.98. The quantitative estimate of drug-likeness (QED) is 0.601. The van der Waals surface area contributed by atoms with Crippen LogP contribution in [-0.4, -0.2) is 31.7 Å². The molecule has 7 heteroatoms. The zero-order valence-electron chi connectivity index (χ0n) is 13.6. The fourth-order valence-electron chi connectivity index (χ4n) is 1.99. The van der Waals surface area contributed by atoms with Gasteiger partial charge < -0.3 is 20.5 Å². The molecular formula is C16H22N4O2S. The number of rotatable bonds is 7. The number of aliphatic imine (C=N–C) groups is 1. The number of anilines is 1. The summed E-state index contributed by atoms with van der Waals surface area (Å²) in [5.74, 6) is 1.73. The third-order valence-electron chi connectivity index (χ3n) is 3.23. The van der Waals surface area contributed by atoms with E-state index in [1.807, 2.05) is 24.4 Å². The van der Waals surface area contributed by atoms with Gasteiger partial charge in [0, 0.05) is 30.1 Å². The minimum atomic E-state index is 0.337. The number of hydrogen-bond acceptors (Lipinski definition) is 5. The third kappa shape index (κ3) is 4.85. The molecule has 0 saturated heterocycles. The van der Waals surface area contributed by atoms with Gasteiger partial charge in [0.05, 0.1) is 24.9 Å². The van der Waals surface area contributed by atoms with E-state index in [0.29, 0.717) is 18.3 Å². The molecule has 2 rings (SSSR count). The van der Waals surface area contributed by atoms with Crippen molar-refractivity contribution in [1.82, 2.24) is 4.98 Å². The van der Waals surface area contributed by atoms with E-state index in [9.17, 15) is 0 Å². The van der Waals surface area contributed by atoms with Crippen LogP contribution >= 0.6 is 11.3 Å². The van der Waals surface area contributed by atoms with E-state index >= 15 is 0 Å². The van der Waals surface area contributed by atoms with Crippen molar-refractivity contribution in [1.29, 1.82) is 0 Å². The van der Waals surface area contributed by atoms with Gasteiger partial charge >= 0.3 is 0 Å². The maximum absolute atomic E-state index is 5.94. The number of nitrogens with zero attached hydrogens (tertiary/aromatic N) is 2. The Kier molecular flexibility index (Phi) is 6.22. The predicted octanol–water partition coefficient (Wildman–Crippen LogP) is 2.69. The molecule has 1 aromatic carbocycles. The summed E-state index contributed by atoms with van der Waals surface area (Å²) in [5.41, 5.74) is 6.66. The van der Waals surface area contributed by atoms with Crippen LogP contribution in [0.5, 0.6) is 11.5 Å². The van der Waals surface area contributed by atoms with Crippen LogP contribution in [0, 0.1) is 0 Å². The van der Waals surface area contributed by atoms with Crippen LogP contribution in [0.25, 0.3) is 0 Å². The van der Waals surface area contributed by atoms with Crippen LogP contribution < -0.4 is 20.5 Å². The Bertz CT molecular complexity index is 670. The number of ether oxygens (including phenoxy) is 2. The SMILES string of the molecule is CCc1cnc(CCN=C(N)Nc2cc(OC)ccc2OC)s1. The van der Waals surface area contributed by atoms with Gasteiger partial charge in [-0.05, 0) is 18.6 Å². The highest BCUT2D eigenvalue weighted by Gasteiger charge is 2.06. The lowest BCUT2D eigenvalue weighted by molar-refractivity contribution is 0.405. The first-order valence-corrected chi connectivity index (χ1v) is 8.20. The van der Waals surface area contributed by atoms with Crippen molar-refractivity contribution >= 4 is 23.0 Å². The average Bonchev–Trinajstić information content (AvgIpc) is 3.02. The van der Waals surface area contributed by atoms with Crippen LogP contribution in [-0.2, 0) is 12.8 Å². The van der Waals surface area contributed by atoms with Crippen molar-refractivity contribution in [3.05, 3.63) is 34.3 Å². The number of methoxy groups -OCH3 is 2. The Hall–Kier alpha value is -2.28. The Morgan fingerprint density at radius 2 is 2.17 bits per heavy atom. The Morgan fingerprint density at radius 3 is 2.83 bits per heavy atom. The lowest BCUT2D eigenvalue weighted by Gasteiger charge is -2.12. The molecule has 1 aromatic heterocycles. The summed E-state index contributed by atoms with van der Waals surface area (Å²) in [6, 6.07) is 5.46. The molecular weight excluding hydrogens is 312 g/mol. The molecule has 0 bridgehead atoms. The molecule has 0 atom stereocenters. The molecule has 0 saturated carbocycles. The van der Waals surface area contributed by atoms with Crippen LogP contribution in [0.4, 0.5) is 5.69 Å². The smallest absolute Gasteiger partial charge is 0.193 e. The number of nitrogens with two attached hydrogens (primary N) is 1. The normalized spacial score (nSPS) is 11.3. The van der Waals surface area contributed by atoms with Crippen molar-refractivity contribution < 1.29 is 9.47 Å². The standard InChI is InChI=1S/C16H22N4O2S/c1-4-12-10-19-15(23-12)7-8-18-16(17)20-13-9-11(21-2)5-6-14(13)22-3/h5-6,9-10H,4,7-8H2,1-3H3,(H3,17,18,20). The van der Waals surface area contributed by atoms with Crippen LogP contribution in [0.2, 0.25) is 0 Å². The summed E-state index contributed by atoms with van der Waals surface area (Å²) in [7, 11) is 3.22. The van der Waals surface area contributed by atoms with E-state index in [2.05, 4.69) is 22.2 Å². The summed E-state index contributed by atoms with van der Waals surface area (Å²) < 4.78 is 10.5. The topological polar surface area (TPSA) is 81.8 Å². The minimum Gasteiger partial charge on any atom is -0.497 e. The third-order valence-corrected chi connectivity index (χ3v) is 4.43. The molecule has 124 valence electrons. The molecule has 0 unspecified atom stereocenters. The Morgan fingerprint density at radius 1 is 1.35 bits per heavy atom. The summed E-state index contributed by atoms with van der Waals surface area (Å²) in [6.45, 7) is 2.71. The van der Waals surface area contributed by atoms with Gasteiger partial charge in [-0.1, -0.05) is 6.92 Å². The second kappa shape index (κ2) is 8.38. The molecule has 0 radical (unpaired) electrons. The van der Waals surface area contributed by atoms with E-state index < -0.39 is 0 Å². The van der Waals surface area contributed by atoms with Gasteiger partial charge in [0.2, 0.25) is 0 Å². The van der Waals surface area contributed by atoms with Gasteiger partial charge in [-0.2, -0.15) is 0 Å². The van der Waals surface area contributed by atoms with Gasteiger partial charge in [0.25, 0.3) is 0 Å². The lowest BCUT2D eigenvalue weighted by atomic mass is 10.2. The van der Waals surface area contributed by atoms with Crippen LogP contribution in [0.15, 0.2) is 29.4 Å². The summed E-state index contributed by atoms with van der Waals surface area (Å²) in [6.07, 6.45) is 3.72. The molecule has 1 heterocycles. The molecule has 6 nitrogen and oxygen atoms in total. The monoisotopic (exact) mass is 334 g/mol. The van der Waals surface area contributed by atoms with Crippen LogP contribution in [0.3, 0.4) is 0 Å². The zero-order chi connectivity index (χ0) is 16.7. The van der Waals surface area contributed by atoms with Crippen molar-refractivity contribution in [3.63, 3.8) is 0 Å². The van der Waals surface area contributed by atoms with E-state index in [-0.39, 0.29) is 0 Å². The maximum Gasteiger partial charge on any atom is 0.193 e. The van der Waals surface area contributed by atoms with E-state index in [4.69, 9.17) is 15.2 Å². The summed E-state index contributed by atoms with van der Waals surface area (Å²) in [5, 5.41) is 4.13. The van der Waals surface area contributed by atoms with E-state index in [1.54, 1.807) is 25.6 Å². The molecule has 0 aliphatic rings. The van der Waals surface area contributed by atoms with Crippen molar-refractivity contribution in [3.8, 4) is 11.5 Å². The van der Waals surface area contributed by atoms with Crippen molar-refractivity contribution in [2.24, 2.45) is 10.7 Å². The number of benzene rings is 1. The molecule has 0 aliphatic heterocycles. The lowest BCUT2D eigenvalue weighted by Crippen LogP contribution is -2.23. The highest BCUT2D eigenvalue weighted by molar-refractivity contribution is 7.11. The van der Waals surface area contributed by atoms with Gasteiger partial charge in [0.1, 0.15) is 11.5 Å². The molecule has 0 aliphatic carbocycles. The molecule has 0 amide bonds. The number of nitrogens with one attached hydrogen (secondary N) is 1. The average molecular weight is 334 g/mol. The van der Waals surface area contributed by atoms with Gasteiger partial charge in [-0.3, -0.25) is 4.99 Å². The summed E-state index contributed by atoms with van der Waals surface area (Å²) in [4.78, 5) is 9.99. The zero-order valence-corrected chi connectivity index (χ0v) is 14.4. The molecule has 0 fully saturated rings. The van der Waals surface area contributed by atoms with Gasteiger partial charge in [0.15, 0.2) is 5.96 Å². The second-order valence-electron chi connectivity index (χ2n) is 4.78. The predicted molar refractivity (Wildman–Crippen MR) is 94.9 cm³/mol. The maximum atomic E-state index is 5.94. The number of guanidine groups is 1. The Balaban J connectivity index is 1.96. The molecule has 23 heavy (non-hydrogen) atoms. The van der Waals surface area contributed by atoms with Gasteiger partial charge in [-0.15, -0.1) is 11.3 Å². The minimum absolute atomic E-state index is 0.337. The highest BCUT2D eigenvalue weighted by Crippen LogP contribution is 2.28. The first-order chi connectivity index (χ1) is 11.2.